The smallest absolute Gasteiger partial charge is 0.221 e. The molecule has 0 aliphatic heterocycles. The first-order valence-electron chi connectivity index (χ1n) is 7.68. The van der Waals surface area contributed by atoms with E-state index < -0.39 is 0 Å². The van der Waals surface area contributed by atoms with Gasteiger partial charge in [-0.15, -0.1) is 5.10 Å². The SMILES string of the molecule is CC(C)(C)n1nnnc1SCCC(=O)NC1CCCCC1. The van der Waals surface area contributed by atoms with Gasteiger partial charge < -0.3 is 5.32 Å². The second-order valence-electron chi connectivity index (χ2n) is 6.54. The Hall–Kier alpha value is -1.11. The maximum absolute atomic E-state index is 11.9. The summed E-state index contributed by atoms with van der Waals surface area (Å²) < 4.78 is 1.80. The van der Waals surface area contributed by atoms with E-state index in [4.69, 9.17) is 0 Å². The minimum absolute atomic E-state index is 0.143. The number of amides is 1. The molecular formula is C14H25N5OS. The molecule has 1 fully saturated rings. The lowest BCUT2D eigenvalue weighted by atomic mass is 9.95. The number of rotatable bonds is 5. The maximum atomic E-state index is 11.9. The second kappa shape index (κ2) is 7.24. The molecule has 7 heteroatoms. The first kappa shape index (κ1) is 16.3. The molecule has 0 radical (unpaired) electrons. The van der Waals surface area contributed by atoms with Crippen LogP contribution in [0.15, 0.2) is 5.16 Å². The minimum atomic E-state index is -0.143. The van der Waals surface area contributed by atoms with Crippen molar-refractivity contribution in [3.8, 4) is 0 Å². The second-order valence-corrected chi connectivity index (χ2v) is 7.61. The standard InChI is InChI=1S/C14H25N5OS/c1-14(2,3)19-13(16-17-18-19)21-10-9-12(20)15-11-7-5-4-6-8-11/h11H,4-10H2,1-3H3,(H,15,20). The number of carbonyl (C=O) groups is 1. The van der Waals surface area contributed by atoms with Gasteiger partial charge in [-0.3, -0.25) is 4.79 Å². The van der Waals surface area contributed by atoms with Gasteiger partial charge in [0.2, 0.25) is 11.1 Å². The molecule has 0 unspecified atom stereocenters. The lowest BCUT2D eigenvalue weighted by molar-refractivity contribution is -0.121. The van der Waals surface area contributed by atoms with Crippen molar-refractivity contribution >= 4 is 17.7 Å². The zero-order valence-electron chi connectivity index (χ0n) is 13.1. The van der Waals surface area contributed by atoms with Gasteiger partial charge in [0.25, 0.3) is 0 Å². The molecule has 1 amide bonds. The minimum Gasteiger partial charge on any atom is -0.353 e. The van der Waals surface area contributed by atoms with E-state index in [1.807, 2.05) is 0 Å². The van der Waals surface area contributed by atoms with E-state index in [0.29, 0.717) is 18.2 Å². The summed E-state index contributed by atoms with van der Waals surface area (Å²) in [7, 11) is 0. The molecule has 1 aliphatic rings. The van der Waals surface area contributed by atoms with E-state index in [-0.39, 0.29) is 11.4 Å². The fraction of sp³-hybridized carbons (Fsp3) is 0.857. The van der Waals surface area contributed by atoms with Gasteiger partial charge in [-0.25, -0.2) is 4.68 Å². The Labute approximate surface area is 130 Å². The number of nitrogens with one attached hydrogen (secondary N) is 1. The summed E-state index contributed by atoms with van der Waals surface area (Å²) in [5.74, 6) is 0.846. The first-order valence-corrected chi connectivity index (χ1v) is 8.66. The third kappa shape index (κ3) is 4.98. The first-order chi connectivity index (χ1) is 9.97. The van der Waals surface area contributed by atoms with E-state index >= 15 is 0 Å². The van der Waals surface area contributed by atoms with Crippen molar-refractivity contribution in [3.05, 3.63) is 0 Å². The maximum Gasteiger partial charge on any atom is 0.221 e. The van der Waals surface area contributed by atoms with Crippen LogP contribution in [0.25, 0.3) is 0 Å². The Bertz CT molecular complexity index is 462. The van der Waals surface area contributed by atoms with Gasteiger partial charge in [0.05, 0.1) is 5.54 Å². The number of carbonyl (C=O) groups excluding carboxylic acids is 1. The van der Waals surface area contributed by atoms with E-state index in [0.717, 1.165) is 18.0 Å². The summed E-state index contributed by atoms with van der Waals surface area (Å²) in [5.41, 5.74) is -0.143. The van der Waals surface area contributed by atoms with Gasteiger partial charge in [0.1, 0.15) is 0 Å². The molecule has 1 heterocycles. The Morgan fingerprint density at radius 2 is 2.05 bits per heavy atom. The quantitative estimate of drug-likeness (QED) is 0.845. The Morgan fingerprint density at radius 3 is 2.71 bits per heavy atom. The van der Waals surface area contributed by atoms with Gasteiger partial charge >= 0.3 is 0 Å². The van der Waals surface area contributed by atoms with Crippen molar-refractivity contribution in [1.82, 2.24) is 25.5 Å². The number of tetrazole rings is 1. The van der Waals surface area contributed by atoms with Crippen LogP contribution in [0, 0.1) is 0 Å². The molecule has 21 heavy (non-hydrogen) atoms. The lowest BCUT2D eigenvalue weighted by Crippen LogP contribution is -2.36. The van der Waals surface area contributed by atoms with Crippen LogP contribution in [0.1, 0.15) is 59.3 Å². The molecule has 1 aromatic heterocycles. The summed E-state index contributed by atoms with van der Waals surface area (Å²) >= 11 is 1.54. The molecule has 0 aromatic carbocycles. The average molecular weight is 311 g/mol. The Morgan fingerprint density at radius 1 is 1.33 bits per heavy atom. The van der Waals surface area contributed by atoms with Crippen LogP contribution >= 0.6 is 11.8 Å². The van der Waals surface area contributed by atoms with Gasteiger partial charge in [0, 0.05) is 18.2 Å². The summed E-state index contributed by atoms with van der Waals surface area (Å²) in [4.78, 5) is 11.9. The van der Waals surface area contributed by atoms with Crippen molar-refractivity contribution in [1.29, 1.82) is 0 Å². The third-order valence-electron chi connectivity index (χ3n) is 3.61. The predicted molar refractivity (Wildman–Crippen MR) is 83.2 cm³/mol. The largest absolute Gasteiger partial charge is 0.353 e. The fourth-order valence-electron chi connectivity index (χ4n) is 2.47. The zero-order valence-corrected chi connectivity index (χ0v) is 13.9. The summed E-state index contributed by atoms with van der Waals surface area (Å²) in [6, 6.07) is 0.385. The number of nitrogens with zero attached hydrogens (tertiary/aromatic N) is 4. The van der Waals surface area contributed by atoms with E-state index in [1.54, 1.807) is 4.68 Å². The molecule has 1 aromatic rings. The number of hydrogen-bond donors (Lipinski definition) is 1. The summed E-state index contributed by atoms with van der Waals surface area (Å²) in [6.07, 6.45) is 6.54. The molecule has 2 rings (SSSR count). The van der Waals surface area contributed by atoms with Crippen LogP contribution in [0.2, 0.25) is 0 Å². The van der Waals surface area contributed by atoms with Gasteiger partial charge in [0.15, 0.2) is 0 Å². The molecule has 0 saturated heterocycles. The summed E-state index contributed by atoms with van der Waals surface area (Å²) in [5, 5.41) is 15.7. The van der Waals surface area contributed by atoms with Gasteiger partial charge in [-0.2, -0.15) is 0 Å². The highest BCUT2D eigenvalue weighted by molar-refractivity contribution is 7.99. The van der Waals surface area contributed by atoms with Gasteiger partial charge in [-0.05, 0) is 44.0 Å². The van der Waals surface area contributed by atoms with E-state index in [2.05, 4.69) is 41.6 Å². The predicted octanol–water partition coefficient (Wildman–Crippen LogP) is 2.36. The average Bonchev–Trinajstić information content (AvgIpc) is 2.88. The highest BCUT2D eigenvalue weighted by Gasteiger charge is 2.20. The van der Waals surface area contributed by atoms with Crippen LogP contribution in [0.4, 0.5) is 0 Å². The zero-order chi connectivity index (χ0) is 15.3. The molecule has 0 spiro atoms. The number of thioether (sulfide) groups is 1. The monoisotopic (exact) mass is 311 g/mol. The molecule has 1 aliphatic carbocycles. The molecule has 118 valence electrons. The molecule has 6 nitrogen and oxygen atoms in total. The Kier molecular flexibility index (Phi) is 5.61. The van der Waals surface area contributed by atoms with Crippen molar-refractivity contribution in [2.75, 3.05) is 5.75 Å². The van der Waals surface area contributed by atoms with Crippen molar-refractivity contribution in [2.24, 2.45) is 0 Å². The lowest BCUT2D eigenvalue weighted by Gasteiger charge is -2.22. The molecule has 0 atom stereocenters. The molecule has 0 bridgehead atoms. The van der Waals surface area contributed by atoms with Crippen LogP contribution in [0.3, 0.4) is 0 Å². The van der Waals surface area contributed by atoms with Crippen molar-refractivity contribution < 1.29 is 4.79 Å². The fourth-order valence-corrected chi connectivity index (χ4v) is 3.47. The molecule has 1 saturated carbocycles. The summed E-state index contributed by atoms with van der Waals surface area (Å²) in [6.45, 7) is 6.18. The normalized spacial score (nSPS) is 16.9. The van der Waals surface area contributed by atoms with E-state index in [1.165, 1.54) is 31.0 Å². The number of aromatic nitrogens is 4. The van der Waals surface area contributed by atoms with Gasteiger partial charge in [-0.1, -0.05) is 31.0 Å². The molecule has 1 N–H and O–H groups in total. The third-order valence-corrected chi connectivity index (χ3v) is 4.53. The van der Waals surface area contributed by atoms with Crippen LogP contribution in [-0.4, -0.2) is 37.9 Å². The van der Waals surface area contributed by atoms with E-state index in [9.17, 15) is 4.79 Å². The van der Waals surface area contributed by atoms with Crippen molar-refractivity contribution in [3.63, 3.8) is 0 Å². The number of hydrogen-bond acceptors (Lipinski definition) is 5. The highest BCUT2D eigenvalue weighted by atomic mass is 32.2. The molecular weight excluding hydrogens is 286 g/mol. The van der Waals surface area contributed by atoms with Crippen LogP contribution in [0.5, 0.6) is 0 Å². The van der Waals surface area contributed by atoms with Crippen LogP contribution in [-0.2, 0) is 10.3 Å². The van der Waals surface area contributed by atoms with Crippen molar-refractivity contribution in [2.45, 2.75) is 76.0 Å². The highest BCUT2D eigenvalue weighted by Crippen LogP contribution is 2.22. The van der Waals surface area contributed by atoms with Crippen LogP contribution < -0.4 is 5.32 Å². The topological polar surface area (TPSA) is 72.7 Å². The Balaban J connectivity index is 1.74.